The number of rotatable bonds is 6. The van der Waals surface area contributed by atoms with Crippen molar-refractivity contribution < 1.29 is 43.1 Å². The molecule has 0 aliphatic heterocycles. The summed E-state index contributed by atoms with van der Waals surface area (Å²) in [6.07, 6.45) is 4.50. The van der Waals surface area contributed by atoms with Crippen LogP contribution in [0.5, 0.6) is 0 Å². The molecule has 0 amide bonds. The zero-order chi connectivity index (χ0) is 20.5. The minimum Gasteiger partial charge on any atom is -1.00 e. The van der Waals surface area contributed by atoms with Gasteiger partial charge in [0.05, 0.1) is 13.1 Å². The molecule has 0 saturated heterocycles. The fraction of sp³-hybridized carbons (Fsp3) is 0.231. The Hall–Kier alpha value is -2.44. The van der Waals surface area contributed by atoms with Gasteiger partial charge in [0.2, 0.25) is 12.7 Å². The molecule has 0 bridgehead atoms. The lowest BCUT2D eigenvalue weighted by Crippen LogP contribution is -3.00. The van der Waals surface area contributed by atoms with Crippen LogP contribution in [0.2, 0.25) is 0 Å². The summed E-state index contributed by atoms with van der Waals surface area (Å²) in [5, 5.41) is 0. The summed E-state index contributed by atoms with van der Waals surface area (Å²) in [5.41, 5.74) is 7.87. The van der Waals surface area contributed by atoms with Crippen molar-refractivity contribution in [1.82, 2.24) is 9.13 Å². The first-order chi connectivity index (χ1) is 14.8. The quantitative estimate of drug-likeness (QED) is 0.223. The number of hydrogen-bond donors (Lipinski definition) is 0. The summed E-state index contributed by atoms with van der Waals surface area (Å²) in [6.45, 7) is 8.09. The molecule has 3 aromatic carbocycles. The van der Waals surface area contributed by atoms with Crippen LogP contribution in [-0.4, -0.2) is 9.13 Å². The van der Waals surface area contributed by atoms with Crippen molar-refractivity contribution in [3.05, 3.63) is 96.6 Å². The van der Waals surface area contributed by atoms with E-state index in [1.165, 1.54) is 33.2 Å². The zero-order valence-corrected chi connectivity index (χ0v) is 21.6. The average Bonchev–Trinajstić information content (AvgIpc) is 3.33. The van der Waals surface area contributed by atoms with Gasteiger partial charge in [-0.1, -0.05) is 48.5 Å². The van der Waals surface area contributed by atoms with E-state index in [-0.39, 0.29) is 34.0 Å². The van der Waals surface area contributed by atoms with Crippen LogP contribution in [0, 0.1) is 0 Å². The van der Waals surface area contributed by atoms with Gasteiger partial charge in [-0.3, -0.25) is 0 Å². The summed E-state index contributed by atoms with van der Waals surface area (Å²) in [7, 11) is 0. The Balaban J connectivity index is 0.00000144. The highest BCUT2D eigenvalue weighted by atomic mass is 79.9. The molecule has 0 spiro atoms. The first kappa shape index (κ1) is 24.2. The summed E-state index contributed by atoms with van der Waals surface area (Å²) in [6, 6.07) is 26.2. The summed E-state index contributed by atoms with van der Waals surface area (Å²) in [5.74, 6) is 0. The lowest BCUT2D eigenvalue weighted by Gasteiger charge is -2.07. The highest BCUT2D eigenvalue weighted by Gasteiger charge is 2.18. The summed E-state index contributed by atoms with van der Waals surface area (Å²) >= 11 is 0. The van der Waals surface area contributed by atoms with Crippen molar-refractivity contribution >= 4 is 22.1 Å². The summed E-state index contributed by atoms with van der Waals surface area (Å²) < 4.78 is 9.39. The van der Waals surface area contributed by atoms with Crippen LogP contribution < -0.4 is 43.1 Å². The van der Waals surface area contributed by atoms with Crippen molar-refractivity contribution in [3.8, 4) is 0 Å². The van der Waals surface area contributed by atoms with Gasteiger partial charge in [-0.05, 0) is 38.1 Å². The zero-order valence-electron chi connectivity index (χ0n) is 18.5. The molecule has 5 rings (SSSR count). The molecule has 0 atom stereocenters. The predicted octanol–water partition coefficient (Wildman–Crippen LogP) is -1.68. The third-order valence-corrected chi connectivity index (χ3v) is 6.04. The maximum Gasteiger partial charge on any atom is 0.245 e. The second-order valence-electron chi connectivity index (χ2n) is 7.80. The number of para-hydroxylation sites is 4. The molecule has 0 N–H and O–H groups in total. The van der Waals surface area contributed by atoms with E-state index >= 15 is 0 Å². The van der Waals surface area contributed by atoms with Gasteiger partial charge >= 0.3 is 0 Å². The van der Waals surface area contributed by atoms with Gasteiger partial charge in [0.25, 0.3) is 0 Å². The van der Waals surface area contributed by atoms with Crippen LogP contribution in [0.1, 0.15) is 25.0 Å². The number of aryl methyl sites for hydroxylation is 2. The van der Waals surface area contributed by atoms with Crippen molar-refractivity contribution in [1.29, 1.82) is 0 Å². The molecule has 5 aromatic rings. The Bertz CT molecular complexity index is 1230. The first-order valence-electron chi connectivity index (χ1n) is 10.8. The van der Waals surface area contributed by atoms with Crippen molar-refractivity contribution in [3.63, 3.8) is 0 Å². The van der Waals surface area contributed by atoms with E-state index in [0.29, 0.717) is 0 Å². The number of nitrogens with zero attached hydrogens (tertiary/aromatic N) is 4. The van der Waals surface area contributed by atoms with E-state index in [2.05, 4.69) is 118 Å². The molecule has 2 aromatic heterocycles. The molecular formula is C26H28Br2N4. The monoisotopic (exact) mass is 554 g/mol. The minimum absolute atomic E-state index is 0. The standard InChI is InChI=1S/C26H28N4.2BrH/c1-3-27-19-29(25-15-9-7-13-23(25)27)17-21-11-5-6-12-22(21)18-30-20-28(4-2)24-14-8-10-16-26(24)30;;/h5-16,19-20H,3-4,17-18H2,1-2H3;2*1H/q+2;;/p-2. The largest absolute Gasteiger partial charge is 1.00 e. The van der Waals surface area contributed by atoms with Gasteiger partial charge in [-0.25, -0.2) is 18.3 Å². The molecule has 0 aliphatic carbocycles. The van der Waals surface area contributed by atoms with Crippen LogP contribution in [0.15, 0.2) is 85.5 Å². The third-order valence-electron chi connectivity index (χ3n) is 6.04. The van der Waals surface area contributed by atoms with Crippen LogP contribution in [0.25, 0.3) is 22.1 Å². The molecule has 6 heteroatoms. The van der Waals surface area contributed by atoms with E-state index in [4.69, 9.17) is 0 Å². The molecule has 0 fully saturated rings. The molecule has 32 heavy (non-hydrogen) atoms. The van der Waals surface area contributed by atoms with Gasteiger partial charge in [-0.15, -0.1) is 0 Å². The molecular weight excluding hydrogens is 528 g/mol. The van der Waals surface area contributed by atoms with Gasteiger partial charge in [0.15, 0.2) is 22.1 Å². The van der Waals surface area contributed by atoms with Crippen molar-refractivity contribution in [2.75, 3.05) is 0 Å². The first-order valence-corrected chi connectivity index (χ1v) is 10.8. The molecule has 4 nitrogen and oxygen atoms in total. The average molecular weight is 556 g/mol. The highest BCUT2D eigenvalue weighted by molar-refractivity contribution is 5.72. The molecule has 0 radical (unpaired) electrons. The number of aromatic nitrogens is 4. The maximum atomic E-state index is 2.37. The Morgan fingerprint density at radius 1 is 0.562 bits per heavy atom. The smallest absolute Gasteiger partial charge is 0.245 e. The van der Waals surface area contributed by atoms with E-state index < -0.39 is 0 Å². The van der Waals surface area contributed by atoms with Crippen molar-refractivity contribution in [2.45, 2.75) is 40.0 Å². The lowest BCUT2D eigenvalue weighted by atomic mass is 10.1. The molecule has 2 heterocycles. The number of imidazole rings is 2. The van der Waals surface area contributed by atoms with Crippen LogP contribution in [-0.2, 0) is 26.2 Å². The van der Waals surface area contributed by atoms with E-state index in [9.17, 15) is 0 Å². The minimum atomic E-state index is 0. The fourth-order valence-electron chi connectivity index (χ4n) is 4.47. The second kappa shape index (κ2) is 10.5. The van der Waals surface area contributed by atoms with Crippen molar-refractivity contribution in [2.24, 2.45) is 0 Å². The maximum absolute atomic E-state index is 2.37. The fourth-order valence-corrected chi connectivity index (χ4v) is 4.47. The van der Waals surface area contributed by atoms with E-state index in [0.717, 1.165) is 26.2 Å². The van der Waals surface area contributed by atoms with Crippen LogP contribution >= 0.6 is 0 Å². The normalized spacial score (nSPS) is 10.8. The third kappa shape index (κ3) is 4.39. The molecule has 166 valence electrons. The molecule has 0 unspecified atom stereocenters. The van der Waals surface area contributed by atoms with Crippen LogP contribution in [0.4, 0.5) is 0 Å². The topological polar surface area (TPSA) is 17.6 Å². The van der Waals surface area contributed by atoms with E-state index in [1.807, 2.05) is 0 Å². The van der Waals surface area contributed by atoms with Gasteiger partial charge < -0.3 is 34.0 Å². The Morgan fingerprint density at radius 3 is 1.34 bits per heavy atom. The molecule has 0 aliphatic rings. The van der Waals surface area contributed by atoms with Gasteiger partial charge in [0.1, 0.15) is 13.1 Å². The predicted molar refractivity (Wildman–Crippen MR) is 120 cm³/mol. The lowest BCUT2D eigenvalue weighted by molar-refractivity contribution is -0.668. The Morgan fingerprint density at radius 2 is 0.938 bits per heavy atom. The molecule has 0 saturated carbocycles. The van der Waals surface area contributed by atoms with E-state index in [1.54, 1.807) is 0 Å². The number of benzene rings is 3. The summed E-state index contributed by atoms with van der Waals surface area (Å²) in [4.78, 5) is 0. The SMILES string of the molecule is CCn1c[n+](Cc2ccccc2C[n+]2cn(CC)c3ccccc32)c2ccccc21.[Br-].[Br-]. The number of halogens is 2. The highest BCUT2D eigenvalue weighted by Crippen LogP contribution is 2.16. The Labute approximate surface area is 210 Å². The number of hydrogen-bond acceptors (Lipinski definition) is 0. The van der Waals surface area contributed by atoms with Gasteiger partial charge in [0, 0.05) is 11.1 Å². The second-order valence-corrected chi connectivity index (χ2v) is 7.80. The van der Waals surface area contributed by atoms with Crippen LogP contribution in [0.3, 0.4) is 0 Å². The number of fused-ring (bicyclic) bond motifs is 2. The Kier molecular flexibility index (Phi) is 7.91. The van der Waals surface area contributed by atoms with Gasteiger partial charge in [-0.2, -0.15) is 0 Å².